The van der Waals surface area contributed by atoms with Crippen LogP contribution in [0.2, 0.25) is 0 Å². The molecule has 0 aliphatic heterocycles. The van der Waals surface area contributed by atoms with Gasteiger partial charge in [0.2, 0.25) is 0 Å². The van der Waals surface area contributed by atoms with Gasteiger partial charge in [0.25, 0.3) is 0 Å². The van der Waals surface area contributed by atoms with Gasteiger partial charge in [-0.15, -0.1) is 0 Å². The van der Waals surface area contributed by atoms with E-state index in [0.29, 0.717) is 0 Å². The molecule has 0 aromatic carbocycles. The molecule has 0 bridgehead atoms. The topological polar surface area (TPSA) is 0 Å². The lowest BCUT2D eigenvalue weighted by atomic mass is 10.1. The van der Waals surface area contributed by atoms with Crippen LogP contribution in [0.25, 0.3) is 0 Å². The van der Waals surface area contributed by atoms with E-state index in [4.69, 9.17) is 0 Å². The van der Waals surface area contributed by atoms with Crippen LogP contribution in [0.5, 0.6) is 0 Å². The Morgan fingerprint density at radius 2 is 1.10 bits per heavy atom. The third-order valence-corrected chi connectivity index (χ3v) is 5.53. The van der Waals surface area contributed by atoms with Crippen molar-refractivity contribution in [3.05, 3.63) is 0 Å². The maximum atomic E-state index is 3.77. The highest BCUT2D eigenvalue weighted by Crippen LogP contribution is 2.39. The van der Waals surface area contributed by atoms with E-state index in [2.05, 4.69) is 81.9 Å². The average molecular weight is 573 g/mol. The van der Waals surface area contributed by atoms with Gasteiger partial charge in [0, 0.05) is 0 Å². The van der Waals surface area contributed by atoms with Crippen LogP contribution in [-0.4, -0.2) is 31.0 Å². The second-order valence-electron chi connectivity index (χ2n) is 6.02. The van der Waals surface area contributed by atoms with Gasteiger partial charge in [-0.2, -0.15) is 0 Å². The van der Waals surface area contributed by atoms with Gasteiger partial charge in [-0.25, -0.2) is 0 Å². The van der Waals surface area contributed by atoms with Gasteiger partial charge in [-0.1, -0.05) is 101 Å². The standard InChI is InChI=1S/C16H33BrI2N/c1-4-7-12-20(13-8-5-2,14-9-6-3)15-10-11-16(17,18)19/h4-15H2,1-3H3/q+1. The Hall–Kier alpha value is 1.90. The largest absolute Gasteiger partial charge is 0.324 e. The first-order valence-electron chi connectivity index (χ1n) is 8.31. The number of halogens is 3. The zero-order valence-corrected chi connectivity index (χ0v) is 19.5. The molecule has 122 valence electrons. The minimum absolute atomic E-state index is 0.248. The Morgan fingerprint density at radius 3 is 1.40 bits per heavy atom. The molecule has 0 aliphatic rings. The van der Waals surface area contributed by atoms with Crippen LogP contribution in [-0.2, 0) is 0 Å². The molecule has 0 atom stereocenters. The van der Waals surface area contributed by atoms with Crippen LogP contribution < -0.4 is 0 Å². The number of quaternary nitrogens is 1. The van der Waals surface area contributed by atoms with E-state index in [0.717, 1.165) is 0 Å². The molecule has 0 aromatic rings. The Morgan fingerprint density at radius 1 is 0.750 bits per heavy atom. The van der Waals surface area contributed by atoms with Gasteiger partial charge < -0.3 is 4.48 Å². The summed E-state index contributed by atoms with van der Waals surface area (Å²) in [7, 11) is 0. The molecule has 20 heavy (non-hydrogen) atoms. The quantitative estimate of drug-likeness (QED) is 0.128. The molecule has 0 spiro atoms. The molecular weight excluding hydrogens is 540 g/mol. The highest BCUT2D eigenvalue weighted by molar-refractivity contribution is 14.2. The Bertz CT molecular complexity index is 207. The number of unbranched alkanes of at least 4 members (excludes halogenated alkanes) is 3. The van der Waals surface area contributed by atoms with Gasteiger partial charge >= 0.3 is 0 Å². The average Bonchev–Trinajstić information content (AvgIpc) is 2.38. The fraction of sp³-hybridized carbons (Fsp3) is 1.00. The second-order valence-corrected chi connectivity index (χ2v) is 16.1. The van der Waals surface area contributed by atoms with Crippen molar-refractivity contribution in [1.82, 2.24) is 0 Å². The molecule has 4 heteroatoms. The molecule has 0 aromatic heterocycles. The maximum absolute atomic E-state index is 3.77. The molecule has 0 unspecified atom stereocenters. The Balaban J connectivity index is 4.57. The summed E-state index contributed by atoms with van der Waals surface area (Å²) in [6.45, 7) is 12.5. The molecule has 0 fully saturated rings. The summed E-state index contributed by atoms with van der Waals surface area (Å²) in [5.74, 6) is 0. The number of hydrogen-bond acceptors (Lipinski definition) is 0. The number of rotatable bonds is 13. The van der Waals surface area contributed by atoms with Crippen molar-refractivity contribution in [3.8, 4) is 0 Å². The smallest absolute Gasteiger partial charge is 0.128 e. The third-order valence-electron chi connectivity index (χ3n) is 4.05. The molecule has 0 N–H and O–H groups in total. The normalized spacial score (nSPS) is 12.9. The SMILES string of the molecule is CCCC[N+](CCCC)(CCCC)CCCC(Br)(I)I. The summed E-state index contributed by atoms with van der Waals surface area (Å²) >= 11 is 8.79. The fourth-order valence-corrected chi connectivity index (χ4v) is 3.81. The van der Waals surface area contributed by atoms with Crippen LogP contribution in [0, 0.1) is 0 Å². The van der Waals surface area contributed by atoms with Crippen molar-refractivity contribution in [2.24, 2.45) is 0 Å². The first kappa shape index (κ1) is 21.9. The van der Waals surface area contributed by atoms with Gasteiger partial charge in [0.1, 0.15) is 0.338 Å². The van der Waals surface area contributed by atoms with Gasteiger partial charge in [-0.3, -0.25) is 0 Å². The summed E-state index contributed by atoms with van der Waals surface area (Å²) in [6.07, 6.45) is 10.8. The van der Waals surface area contributed by atoms with E-state index in [1.165, 1.54) is 82.0 Å². The molecular formula is C16H33BrI2N+. The summed E-state index contributed by atoms with van der Waals surface area (Å²) in [6, 6.07) is 0. The van der Waals surface area contributed by atoms with Crippen molar-refractivity contribution in [2.75, 3.05) is 26.2 Å². The van der Waals surface area contributed by atoms with E-state index in [9.17, 15) is 0 Å². The van der Waals surface area contributed by atoms with Crippen molar-refractivity contribution in [2.45, 2.75) is 72.5 Å². The van der Waals surface area contributed by atoms with Crippen LogP contribution in [0.1, 0.15) is 72.1 Å². The highest BCUT2D eigenvalue weighted by atomic mass is 127. The molecule has 0 rings (SSSR count). The molecule has 0 saturated heterocycles. The van der Waals surface area contributed by atoms with Crippen LogP contribution in [0.15, 0.2) is 0 Å². The fourth-order valence-electron chi connectivity index (χ4n) is 2.77. The minimum atomic E-state index is 0.248. The lowest BCUT2D eigenvalue weighted by Gasteiger charge is -2.39. The van der Waals surface area contributed by atoms with Gasteiger partial charge in [0.15, 0.2) is 0 Å². The number of alkyl halides is 3. The van der Waals surface area contributed by atoms with Crippen molar-refractivity contribution in [3.63, 3.8) is 0 Å². The summed E-state index contributed by atoms with van der Waals surface area (Å²) in [4.78, 5) is 0. The first-order valence-corrected chi connectivity index (χ1v) is 11.3. The van der Waals surface area contributed by atoms with E-state index in [-0.39, 0.29) is 0.338 Å². The Labute approximate surface area is 163 Å². The zero-order valence-electron chi connectivity index (χ0n) is 13.6. The predicted molar refractivity (Wildman–Crippen MR) is 113 cm³/mol. The van der Waals surface area contributed by atoms with Crippen molar-refractivity contribution in [1.29, 1.82) is 0 Å². The lowest BCUT2D eigenvalue weighted by molar-refractivity contribution is -0.929. The van der Waals surface area contributed by atoms with Crippen LogP contribution >= 0.6 is 61.1 Å². The predicted octanol–water partition coefficient (Wildman–Crippen LogP) is 6.90. The molecule has 0 heterocycles. The van der Waals surface area contributed by atoms with E-state index in [1.54, 1.807) is 0 Å². The van der Waals surface area contributed by atoms with Gasteiger partial charge in [-0.05, 0) is 32.1 Å². The summed E-state index contributed by atoms with van der Waals surface area (Å²) < 4.78 is 1.63. The van der Waals surface area contributed by atoms with Gasteiger partial charge in [0.05, 0.1) is 26.2 Å². The minimum Gasteiger partial charge on any atom is -0.324 e. The monoisotopic (exact) mass is 572 g/mol. The number of nitrogens with zero attached hydrogens (tertiary/aromatic N) is 1. The van der Waals surface area contributed by atoms with Crippen LogP contribution in [0.4, 0.5) is 0 Å². The zero-order chi connectivity index (χ0) is 15.5. The maximum Gasteiger partial charge on any atom is 0.128 e. The van der Waals surface area contributed by atoms with Crippen molar-refractivity contribution < 1.29 is 4.48 Å². The molecule has 0 amide bonds. The third kappa shape index (κ3) is 11.5. The van der Waals surface area contributed by atoms with E-state index >= 15 is 0 Å². The highest BCUT2D eigenvalue weighted by Gasteiger charge is 2.27. The number of hydrogen-bond donors (Lipinski definition) is 0. The second kappa shape index (κ2) is 12.3. The molecule has 1 nitrogen and oxygen atoms in total. The summed E-state index contributed by atoms with van der Waals surface area (Å²) in [5.41, 5.74) is 0. The molecule has 0 aliphatic carbocycles. The summed E-state index contributed by atoms with van der Waals surface area (Å²) in [5, 5.41) is 0. The first-order chi connectivity index (χ1) is 9.39. The van der Waals surface area contributed by atoms with Crippen LogP contribution in [0.3, 0.4) is 0 Å². The molecule has 0 saturated carbocycles. The molecule has 0 radical (unpaired) electrons. The van der Waals surface area contributed by atoms with E-state index < -0.39 is 0 Å². The van der Waals surface area contributed by atoms with Crippen molar-refractivity contribution >= 4 is 61.1 Å². The lowest BCUT2D eigenvalue weighted by Crippen LogP contribution is -2.50. The Kier molecular flexibility index (Phi) is 13.5. The van der Waals surface area contributed by atoms with E-state index in [1.807, 2.05) is 0 Å².